The smallest absolute Gasteiger partial charge is 0.339 e. The number of nitrogens with zero attached hydrogens (tertiary/aromatic N) is 1. The Morgan fingerprint density at radius 2 is 1.79 bits per heavy atom. The van der Waals surface area contributed by atoms with Gasteiger partial charge in [0, 0.05) is 24.9 Å². The number of anilines is 1. The first-order valence-corrected chi connectivity index (χ1v) is 7.98. The van der Waals surface area contributed by atoms with Crippen LogP contribution in [0.5, 0.6) is 0 Å². The lowest BCUT2D eigenvalue weighted by Gasteiger charge is -2.24. The minimum absolute atomic E-state index is 0.103. The number of benzene rings is 1. The molecule has 1 aromatic rings. The summed E-state index contributed by atoms with van der Waals surface area (Å²) in [7, 11) is 1.30. The molecule has 0 unspecified atom stereocenters. The van der Waals surface area contributed by atoms with Crippen LogP contribution in [0, 0.1) is 5.41 Å². The molecule has 24 heavy (non-hydrogen) atoms. The van der Waals surface area contributed by atoms with Gasteiger partial charge in [-0.3, -0.25) is 9.59 Å². The monoisotopic (exact) mass is 334 g/mol. The number of hydrogen-bond acceptors (Lipinski definition) is 4. The Bertz CT molecular complexity index is 605. The fourth-order valence-corrected chi connectivity index (χ4v) is 2.16. The van der Waals surface area contributed by atoms with E-state index in [1.165, 1.54) is 12.0 Å². The highest BCUT2D eigenvalue weighted by molar-refractivity contribution is 6.02. The highest BCUT2D eigenvalue weighted by atomic mass is 16.5. The third kappa shape index (κ3) is 5.08. The van der Waals surface area contributed by atoms with Gasteiger partial charge in [0.15, 0.2) is 0 Å². The molecular formula is C18H26N2O4. The summed E-state index contributed by atoms with van der Waals surface area (Å²) in [6.45, 7) is 7.95. The quantitative estimate of drug-likeness (QED) is 0.811. The van der Waals surface area contributed by atoms with Gasteiger partial charge in [-0.15, -0.1) is 0 Å². The highest BCUT2D eigenvalue weighted by Gasteiger charge is 2.23. The minimum Gasteiger partial charge on any atom is -0.465 e. The lowest BCUT2D eigenvalue weighted by molar-refractivity contribution is -0.128. The van der Waals surface area contributed by atoms with Crippen LogP contribution in [0.15, 0.2) is 24.3 Å². The van der Waals surface area contributed by atoms with Gasteiger partial charge in [0.05, 0.1) is 18.4 Å². The van der Waals surface area contributed by atoms with Crippen molar-refractivity contribution in [3.63, 3.8) is 0 Å². The van der Waals surface area contributed by atoms with Crippen LogP contribution in [0.1, 0.15) is 44.5 Å². The third-order valence-corrected chi connectivity index (χ3v) is 3.52. The van der Waals surface area contributed by atoms with E-state index in [1.54, 1.807) is 24.3 Å². The molecule has 6 heteroatoms. The molecule has 0 saturated heterocycles. The van der Waals surface area contributed by atoms with Crippen LogP contribution in [-0.2, 0) is 14.3 Å². The van der Waals surface area contributed by atoms with Crippen LogP contribution in [0.25, 0.3) is 0 Å². The van der Waals surface area contributed by atoms with Gasteiger partial charge in [0.1, 0.15) is 0 Å². The average Bonchev–Trinajstić information content (AvgIpc) is 2.54. The molecule has 0 aliphatic heterocycles. The predicted octanol–water partition coefficient (Wildman–Crippen LogP) is 2.38. The van der Waals surface area contributed by atoms with E-state index in [4.69, 9.17) is 4.74 Å². The molecule has 1 aromatic carbocycles. The molecule has 0 aromatic heterocycles. The van der Waals surface area contributed by atoms with Gasteiger partial charge in [0.25, 0.3) is 0 Å². The Morgan fingerprint density at radius 1 is 1.17 bits per heavy atom. The van der Waals surface area contributed by atoms with E-state index >= 15 is 0 Å². The Morgan fingerprint density at radius 3 is 2.33 bits per heavy atom. The maximum absolute atomic E-state index is 12.5. The summed E-state index contributed by atoms with van der Waals surface area (Å²) < 4.78 is 4.77. The van der Waals surface area contributed by atoms with Gasteiger partial charge in [-0.25, -0.2) is 4.79 Å². The predicted molar refractivity (Wildman–Crippen MR) is 92.9 cm³/mol. The first kappa shape index (κ1) is 19.7. The van der Waals surface area contributed by atoms with Crippen molar-refractivity contribution in [1.82, 2.24) is 5.32 Å². The molecule has 0 fully saturated rings. The van der Waals surface area contributed by atoms with Crippen molar-refractivity contribution in [3.8, 4) is 0 Å². The summed E-state index contributed by atoms with van der Waals surface area (Å²) in [5, 5.41) is 2.75. The highest BCUT2D eigenvalue weighted by Crippen LogP contribution is 2.22. The molecule has 0 radical (unpaired) electrons. The van der Waals surface area contributed by atoms with Crippen molar-refractivity contribution >= 4 is 23.5 Å². The van der Waals surface area contributed by atoms with Gasteiger partial charge in [0.2, 0.25) is 11.8 Å². The van der Waals surface area contributed by atoms with Crippen molar-refractivity contribution < 1.29 is 19.1 Å². The third-order valence-electron chi connectivity index (χ3n) is 3.52. The normalized spacial score (nSPS) is 10.9. The second-order valence-corrected chi connectivity index (χ2v) is 6.40. The maximum atomic E-state index is 12.5. The molecule has 0 bridgehead atoms. The fraction of sp³-hybridized carbons (Fsp3) is 0.500. The van der Waals surface area contributed by atoms with E-state index in [0.29, 0.717) is 17.8 Å². The number of amides is 2. The number of hydrogen-bond donors (Lipinski definition) is 1. The van der Waals surface area contributed by atoms with Crippen molar-refractivity contribution in [2.24, 2.45) is 5.41 Å². The zero-order valence-corrected chi connectivity index (χ0v) is 15.0. The number of esters is 1. The van der Waals surface area contributed by atoms with Crippen molar-refractivity contribution in [1.29, 1.82) is 0 Å². The molecule has 0 spiro atoms. The number of methoxy groups -OCH3 is 1. The molecule has 132 valence electrons. The van der Waals surface area contributed by atoms with Crippen LogP contribution in [0.2, 0.25) is 0 Å². The first-order chi connectivity index (χ1) is 11.2. The average molecular weight is 334 g/mol. The molecule has 0 aliphatic carbocycles. The number of ether oxygens (including phenoxy) is 1. The SMILES string of the molecule is CCN(C(=O)CCNC(=O)C(C)(C)C)c1ccccc1C(=O)OC. The standard InChI is InChI=1S/C18H26N2O4/c1-6-20(14-10-8-7-9-13(14)16(22)24-5)15(21)11-12-19-17(23)18(2,3)4/h7-10H,6,11-12H2,1-5H3,(H,19,23). The molecule has 0 aliphatic rings. The van der Waals surface area contributed by atoms with Gasteiger partial charge < -0.3 is 15.0 Å². The number of rotatable bonds is 6. The zero-order valence-electron chi connectivity index (χ0n) is 15.0. The summed E-state index contributed by atoms with van der Waals surface area (Å²) in [5.74, 6) is -0.755. The Hall–Kier alpha value is -2.37. The van der Waals surface area contributed by atoms with E-state index in [1.807, 2.05) is 27.7 Å². The molecular weight excluding hydrogens is 308 g/mol. The first-order valence-electron chi connectivity index (χ1n) is 7.98. The van der Waals surface area contributed by atoms with Crippen LogP contribution in [0.4, 0.5) is 5.69 Å². The van der Waals surface area contributed by atoms with E-state index in [0.717, 1.165) is 0 Å². The summed E-state index contributed by atoms with van der Waals surface area (Å²) in [6, 6.07) is 6.82. The van der Waals surface area contributed by atoms with Gasteiger partial charge in [-0.1, -0.05) is 32.9 Å². The summed E-state index contributed by atoms with van der Waals surface area (Å²) in [5.41, 5.74) is 0.359. The van der Waals surface area contributed by atoms with E-state index in [9.17, 15) is 14.4 Å². The van der Waals surface area contributed by atoms with Crippen LogP contribution in [-0.4, -0.2) is 38.0 Å². The van der Waals surface area contributed by atoms with Gasteiger partial charge in [-0.2, -0.15) is 0 Å². The molecule has 0 atom stereocenters. The zero-order chi connectivity index (χ0) is 18.3. The summed E-state index contributed by atoms with van der Waals surface area (Å²) >= 11 is 0. The van der Waals surface area contributed by atoms with Crippen LogP contribution < -0.4 is 10.2 Å². The summed E-state index contributed by atoms with van der Waals surface area (Å²) in [6.07, 6.45) is 0.158. The number of carbonyl (C=O) groups excluding carboxylic acids is 3. The fourth-order valence-electron chi connectivity index (χ4n) is 2.16. The largest absolute Gasteiger partial charge is 0.465 e. The second kappa shape index (κ2) is 8.47. The maximum Gasteiger partial charge on any atom is 0.339 e. The number of carbonyl (C=O) groups is 3. The Balaban J connectivity index is 2.82. The number of nitrogens with one attached hydrogen (secondary N) is 1. The minimum atomic E-state index is -0.495. The lowest BCUT2D eigenvalue weighted by Crippen LogP contribution is -2.39. The Kier molecular flexibility index (Phi) is 6.95. The Labute approximate surface area is 143 Å². The molecule has 1 rings (SSSR count). The topological polar surface area (TPSA) is 75.7 Å². The van der Waals surface area contributed by atoms with Crippen LogP contribution >= 0.6 is 0 Å². The van der Waals surface area contributed by atoms with E-state index in [2.05, 4.69) is 5.32 Å². The molecule has 6 nitrogen and oxygen atoms in total. The van der Waals surface area contributed by atoms with E-state index in [-0.39, 0.29) is 24.8 Å². The molecule has 0 saturated carbocycles. The van der Waals surface area contributed by atoms with E-state index < -0.39 is 11.4 Å². The van der Waals surface area contributed by atoms with Crippen LogP contribution in [0.3, 0.4) is 0 Å². The van der Waals surface area contributed by atoms with Crippen molar-refractivity contribution in [3.05, 3.63) is 29.8 Å². The molecule has 1 N–H and O–H groups in total. The number of para-hydroxylation sites is 1. The second-order valence-electron chi connectivity index (χ2n) is 6.40. The van der Waals surface area contributed by atoms with Crippen molar-refractivity contribution in [2.75, 3.05) is 25.1 Å². The molecule has 0 heterocycles. The lowest BCUT2D eigenvalue weighted by atomic mass is 9.96. The summed E-state index contributed by atoms with van der Waals surface area (Å²) in [4.78, 5) is 37.7. The van der Waals surface area contributed by atoms with Gasteiger partial charge >= 0.3 is 5.97 Å². The van der Waals surface area contributed by atoms with Gasteiger partial charge in [-0.05, 0) is 19.1 Å². The molecule has 2 amide bonds. The van der Waals surface area contributed by atoms with Crippen molar-refractivity contribution in [2.45, 2.75) is 34.1 Å².